The Bertz CT molecular complexity index is 228. The van der Waals surface area contributed by atoms with Gasteiger partial charge in [-0.2, -0.15) is 0 Å². The van der Waals surface area contributed by atoms with Crippen molar-refractivity contribution in [3.63, 3.8) is 0 Å². The second kappa shape index (κ2) is 1.89. The number of hydrogen-bond donors (Lipinski definition) is 1. The number of Topliss-reactive ketones (excluding diaryl/α,β-unsaturated/α-hetero) is 2. The van der Waals surface area contributed by atoms with E-state index in [4.69, 9.17) is 1.41 Å². The number of hydrogen-bond acceptors (Lipinski definition) is 3. The van der Waals surface area contributed by atoms with Gasteiger partial charge in [-0.05, 0) is 13.0 Å². The summed E-state index contributed by atoms with van der Waals surface area (Å²) in [5.74, 6) is -0.645. The number of carbonyl (C=O) groups is 2. The van der Waals surface area contributed by atoms with Crippen LogP contribution in [0.25, 0.3) is 0 Å². The molecular weight excluding hydrogens is 130 g/mol. The zero-order valence-corrected chi connectivity index (χ0v) is 5.54. The first-order chi connectivity index (χ1) is 5.20. The minimum Gasteiger partial charge on any atom is -0.316 e. The van der Waals surface area contributed by atoms with E-state index in [0.717, 1.165) is 0 Å². The van der Waals surface area contributed by atoms with Crippen LogP contribution in [-0.4, -0.2) is 24.7 Å². The fraction of sp³-hybridized carbons (Fsp3) is 0.714. The minimum atomic E-state index is -0.257. The monoisotopic (exact) mass is 140 g/mol. The predicted molar refractivity (Wildman–Crippen MR) is 34.5 cm³/mol. The van der Waals surface area contributed by atoms with Crippen molar-refractivity contribution in [2.24, 2.45) is 11.8 Å². The van der Waals surface area contributed by atoms with Gasteiger partial charge < -0.3 is 5.31 Å². The van der Waals surface area contributed by atoms with Crippen molar-refractivity contribution in [3.8, 4) is 0 Å². The summed E-state index contributed by atoms with van der Waals surface area (Å²) in [4.78, 5) is 21.8. The lowest BCUT2D eigenvalue weighted by Gasteiger charge is -2.37. The standard InChI is InChI=1S/C7H9NO2/c9-6-4-1-2-8-3-5(4)7(6)10/h4-5,8H,1-3H2/t4-,5+/m1/s1/i/hD. The van der Waals surface area contributed by atoms with Crippen LogP contribution in [0.3, 0.4) is 0 Å². The second-order valence-electron chi connectivity index (χ2n) is 2.86. The van der Waals surface area contributed by atoms with Gasteiger partial charge in [0.2, 0.25) is 11.6 Å². The van der Waals surface area contributed by atoms with E-state index >= 15 is 0 Å². The van der Waals surface area contributed by atoms with Crippen LogP contribution in [0.5, 0.6) is 0 Å². The lowest BCUT2D eigenvalue weighted by molar-refractivity contribution is -0.153. The highest BCUT2D eigenvalue weighted by Crippen LogP contribution is 2.31. The van der Waals surface area contributed by atoms with Crippen LogP contribution in [0.2, 0.25) is 1.41 Å². The van der Waals surface area contributed by atoms with E-state index in [2.05, 4.69) is 0 Å². The molecule has 2 fully saturated rings. The highest BCUT2D eigenvalue weighted by atomic mass is 16.2. The summed E-state index contributed by atoms with van der Waals surface area (Å²) in [5, 5.41) is 1.37. The Morgan fingerprint density at radius 1 is 1.40 bits per heavy atom. The number of piperidine rings is 1. The lowest BCUT2D eigenvalue weighted by atomic mass is 9.68. The van der Waals surface area contributed by atoms with Crippen LogP contribution in [0.15, 0.2) is 0 Å². The van der Waals surface area contributed by atoms with Gasteiger partial charge in [-0.25, -0.2) is 0 Å². The van der Waals surface area contributed by atoms with E-state index in [1.807, 2.05) is 0 Å². The zero-order chi connectivity index (χ0) is 8.01. The van der Waals surface area contributed by atoms with E-state index in [1.165, 1.54) is 5.31 Å². The van der Waals surface area contributed by atoms with Crippen molar-refractivity contribution >= 4 is 11.6 Å². The van der Waals surface area contributed by atoms with Crippen molar-refractivity contribution < 1.29 is 11.0 Å². The average molecular weight is 140 g/mol. The van der Waals surface area contributed by atoms with Gasteiger partial charge in [0.15, 0.2) is 0 Å². The third-order valence-corrected chi connectivity index (χ3v) is 2.33. The van der Waals surface area contributed by atoms with Crippen molar-refractivity contribution in [2.45, 2.75) is 6.42 Å². The average Bonchev–Trinajstić information content (AvgIpc) is 2.03. The molecule has 3 heteroatoms. The highest BCUT2D eigenvalue weighted by molar-refractivity contribution is 6.45. The molecule has 2 rings (SSSR count). The SMILES string of the molecule is [2H]N1CC[C@H]2C(=O)C(=O)[C@H]2C1. The molecule has 1 saturated heterocycles. The molecule has 1 saturated carbocycles. The zero-order valence-electron chi connectivity index (χ0n) is 6.54. The van der Waals surface area contributed by atoms with E-state index in [9.17, 15) is 9.59 Å². The molecule has 0 radical (unpaired) electrons. The van der Waals surface area contributed by atoms with Gasteiger partial charge in [0, 0.05) is 18.4 Å². The number of carbonyl (C=O) groups excluding carboxylic acids is 2. The molecule has 54 valence electrons. The number of fused-ring (bicyclic) bond motifs is 1. The Morgan fingerprint density at radius 2 is 2.10 bits per heavy atom. The third kappa shape index (κ3) is 0.583. The number of nitrogens with one attached hydrogen (secondary N) is 1. The topological polar surface area (TPSA) is 46.2 Å². The normalized spacial score (nSPS) is 42.2. The van der Waals surface area contributed by atoms with Crippen LogP contribution in [0.1, 0.15) is 6.42 Å². The third-order valence-electron chi connectivity index (χ3n) is 2.33. The van der Waals surface area contributed by atoms with Crippen molar-refractivity contribution in [1.82, 2.24) is 5.31 Å². The summed E-state index contributed by atoms with van der Waals surface area (Å²) in [5.41, 5.74) is 0. The molecule has 0 spiro atoms. The summed E-state index contributed by atoms with van der Waals surface area (Å²) < 4.78 is 7.25. The van der Waals surface area contributed by atoms with Gasteiger partial charge in [0.05, 0.1) is 0 Å². The Labute approximate surface area is 60.3 Å². The van der Waals surface area contributed by atoms with Gasteiger partial charge in [-0.1, -0.05) is 0 Å². The lowest BCUT2D eigenvalue weighted by Crippen LogP contribution is -2.56. The first-order valence-corrected chi connectivity index (χ1v) is 3.52. The van der Waals surface area contributed by atoms with Crippen LogP contribution < -0.4 is 5.31 Å². The Hall–Kier alpha value is -0.700. The fourth-order valence-corrected chi connectivity index (χ4v) is 1.64. The molecule has 1 aliphatic carbocycles. The molecule has 0 bridgehead atoms. The maximum absolute atomic E-state index is 10.9. The van der Waals surface area contributed by atoms with Gasteiger partial charge in [-0.3, -0.25) is 9.59 Å². The predicted octanol–water partition coefficient (Wildman–Crippen LogP) is -0.636. The molecular formula is C7H9NO2. The molecule has 2 aliphatic rings. The van der Waals surface area contributed by atoms with Crippen molar-refractivity contribution in [2.75, 3.05) is 13.1 Å². The van der Waals surface area contributed by atoms with Crippen LogP contribution in [0.4, 0.5) is 0 Å². The van der Waals surface area contributed by atoms with E-state index in [-0.39, 0.29) is 23.4 Å². The molecule has 0 amide bonds. The van der Waals surface area contributed by atoms with Gasteiger partial charge >= 0.3 is 0 Å². The first kappa shape index (κ1) is 5.02. The van der Waals surface area contributed by atoms with E-state index in [0.29, 0.717) is 19.5 Å². The maximum atomic E-state index is 10.9. The molecule has 1 aliphatic heterocycles. The van der Waals surface area contributed by atoms with Crippen molar-refractivity contribution in [3.05, 3.63) is 0 Å². The second-order valence-corrected chi connectivity index (χ2v) is 2.86. The summed E-state index contributed by atoms with van der Waals surface area (Å²) in [6.07, 6.45) is 0.693. The summed E-state index contributed by atoms with van der Waals surface area (Å²) in [6.45, 7) is 1.08. The first-order valence-electron chi connectivity index (χ1n) is 3.97. The molecule has 0 aromatic carbocycles. The summed E-state index contributed by atoms with van der Waals surface area (Å²) in [7, 11) is 0. The number of rotatable bonds is 0. The Kier molecular flexibility index (Phi) is 0.948. The maximum Gasteiger partial charge on any atom is 0.203 e. The Morgan fingerprint density at radius 3 is 2.90 bits per heavy atom. The fourth-order valence-electron chi connectivity index (χ4n) is 1.64. The molecule has 3 nitrogen and oxygen atoms in total. The van der Waals surface area contributed by atoms with Gasteiger partial charge in [0.1, 0.15) is 1.41 Å². The van der Waals surface area contributed by atoms with Crippen LogP contribution >= 0.6 is 0 Å². The molecule has 0 aromatic rings. The molecule has 1 N–H and O–H groups in total. The summed E-state index contributed by atoms with van der Waals surface area (Å²) >= 11 is 0. The smallest absolute Gasteiger partial charge is 0.203 e. The quantitative estimate of drug-likeness (QED) is 0.455. The summed E-state index contributed by atoms with van der Waals surface area (Å²) in [6, 6.07) is 0. The molecule has 0 aromatic heterocycles. The van der Waals surface area contributed by atoms with Gasteiger partial charge in [0.25, 0.3) is 0 Å². The minimum absolute atomic E-state index is 0.0379. The number of ketones is 2. The Balaban J connectivity index is 2.10. The molecule has 2 atom stereocenters. The van der Waals surface area contributed by atoms with E-state index < -0.39 is 0 Å². The largest absolute Gasteiger partial charge is 0.316 e. The van der Waals surface area contributed by atoms with Gasteiger partial charge in [-0.15, -0.1) is 0 Å². The molecule has 0 unspecified atom stereocenters. The van der Waals surface area contributed by atoms with Crippen LogP contribution in [0, 0.1) is 11.8 Å². The molecule has 1 heterocycles. The van der Waals surface area contributed by atoms with Crippen LogP contribution in [-0.2, 0) is 9.59 Å². The highest BCUT2D eigenvalue weighted by Gasteiger charge is 2.49. The van der Waals surface area contributed by atoms with Crippen molar-refractivity contribution in [1.29, 1.82) is 0 Å². The molecule has 10 heavy (non-hydrogen) atoms. The van der Waals surface area contributed by atoms with E-state index in [1.54, 1.807) is 0 Å².